The Kier molecular flexibility index (Phi) is 3.50. The number of hydrogen-bond acceptors (Lipinski definition) is 2. The number of carboxylic acid groups (broad SMARTS) is 1. The molecule has 1 saturated carbocycles. The van der Waals surface area contributed by atoms with Crippen molar-refractivity contribution in [1.29, 1.82) is 0 Å². The fraction of sp³-hybridized carbons (Fsp3) is 0.385. The van der Waals surface area contributed by atoms with Gasteiger partial charge in [-0.2, -0.15) is 0 Å². The molecule has 102 valence electrons. The lowest BCUT2D eigenvalue weighted by Crippen LogP contribution is -2.38. The van der Waals surface area contributed by atoms with Crippen LogP contribution in [0, 0.1) is 18.6 Å². The summed E-state index contributed by atoms with van der Waals surface area (Å²) in [6, 6.07) is 2.01. The highest BCUT2D eigenvalue weighted by molar-refractivity contribution is 5.97. The van der Waals surface area contributed by atoms with Crippen LogP contribution >= 0.6 is 0 Å². The Morgan fingerprint density at radius 2 is 2.00 bits per heavy atom. The second-order valence-electron chi connectivity index (χ2n) is 4.61. The van der Waals surface area contributed by atoms with Crippen molar-refractivity contribution in [2.75, 3.05) is 6.54 Å². The molecular formula is C13H13F2NO3. The van der Waals surface area contributed by atoms with Gasteiger partial charge in [-0.05, 0) is 31.4 Å². The maximum atomic E-state index is 13.9. The standard InChI is InChI=1S/C13H13F2NO3/c1-7-2-5-9(14)11(12(7)15)13(19)16(6-10(17)18)8-3-4-8/h2,5,8H,3-4,6H2,1H3,(H,17,18). The highest BCUT2D eigenvalue weighted by Gasteiger charge is 2.36. The predicted octanol–water partition coefficient (Wildman–Crippen LogP) is 1.96. The molecule has 0 radical (unpaired) electrons. The van der Waals surface area contributed by atoms with Gasteiger partial charge in [-0.15, -0.1) is 0 Å². The number of aryl methyl sites for hydroxylation is 1. The Hall–Kier alpha value is -1.98. The van der Waals surface area contributed by atoms with Crippen molar-refractivity contribution >= 4 is 11.9 Å². The molecule has 1 aromatic rings. The summed E-state index contributed by atoms with van der Waals surface area (Å²) in [6.07, 6.45) is 1.32. The van der Waals surface area contributed by atoms with Crippen molar-refractivity contribution in [2.45, 2.75) is 25.8 Å². The third-order valence-electron chi connectivity index (χ3n) is 3.05. The number of rotatable bonds is 4. The van der Waals surface area contributed by atoms with Crippen molar-refractivity contribution in [1.82, 2.24) is 4.90 Å². The molecule has 0 heterocycles. The topological polar surface area (TPSA) is 57.6 Å². The van der Waals surface area contributed by atoms with Crippen LogP contribution in [0.4, 0.5) is 8.78 Å². The minimum absolute atomic E-state index is 0.149. The molecule has 1 aliphatic rings. The summed E-state index contributed by atoms with van der Waals surface area (Å²) in [5.41, 5.74) is -0.524. The number of benzene rings is 1. The van der Waals surface area contributed by atoms with E-state index in [-0.39, 0.29) is 11.6 Å². The van der Waals surface area contributed by atoms with Gasteiger partial charge in [0.1, 0.15) is 23.7 Å². The molecule has 1 fully saturated rings. The second kappa shape index (κ2) is 4.95. The number of nitrogens with zero attached hydrogens (tertiary/aromatic N) is 1. The molecule has 0 unspecified atom stereocenters. The Bertz CT molecular complexity index is 541. The zero-order chi connectivity index (χ0) is 14.2. The van der Waals surface area contributed by atoms with Gasteiger partial charge in [0.05, 0.1) is 0 Å². The monoisotopic (exact) mass is 269 g/mol. The van der Waals surface area contributed by atoms with E-state index in [1.54, 1.807) is 0 Å². The molecule has 1 aromatic carbocycles. The first-order valence-corrected chi connectivity index (χ1v) is 5.89. The van der Waals surface area contributed by atoms with Crippen molar-refractivity contribution < 1.29 is 23.5 Å². The lowest BCUT2D eigenvalue weighted by atomic mass is 10.1. The molecule has 2 rings (SSSR count). The molecule has 0 aliphatic heterocycles. The van der Waals surface area contributed by atoms with E-state index < -0.39 is 35.6 Å². The average molecular weight is 269 g/mol. The van der Waals surface area contributed by atoms with Crippen LogP contribution in [0.25, 0.3) is 0 Å². The molecular weight excluding hydrogens is 256 g/mol. The van der Waals surface area contributed by atoms with Crippen LogP contribution in [0.2, 0.25) is 0 Å². The number of carbonyl (C=O) groups excluding carboxylic acids is 1. The van der Waals surface area contributed by atoms with Gasteiger partial charge in [0.2, 0.25) is 0 Å². The number of carbonyl (C=O) groups is 2. The quantitative estimate of drug-likeness (QED) is 0.909. The van der Waals surface area contributed by atoms with E-state index >= 15 is 0 Å². The molecule has 0 atom stereocenters. The fourth-order valence-corrected chi connectivity index (χ4v) is 1.89. The number of amides is 1. The summed E-state index contributed by atoms with van der Waals surface area (Å²) in [5.74, 6) is -4.00. The molecule has 4 nitrogen and oxygen atoms in total. The van der Waals surface area contributed by atoms with Crippen molar-refractivity contribution in [3.63, 3.8) is 0 Å². The highest BCUT2D eigenvalue weighted by atomic mass is 19.1. The van der Waals surface area contributed by atoms with Crippen LogP contribution in [0.5, 0.6) is 0 Å². The third-order valence-corrected chi connectivity index (χ3v) is 3.05. The van der Waals surface area contributed by atoms with Crippen LogP contribution in [0.1, 0.15) is 28.8 Å². The molecule has 1 aliphatic carbocycles. The lowest BCUT2D eigenvalue weighted by molar-refractivity contribution is -0.137. The van der Waals surface area contributed by atoms with Gasteiger partial charge in [-0.25, -0.2) is 8.78 Å². The van der Waals surface area contributed by atoms with Crippen LogP contribution in [-0.4, -0.2) is 34.5 Å². The van der Waals surface area contributed by atoms with E-state index in [1.165, 1.54) is 13.0 Å². The minimum atomic E-state index is -1.20. The van der Waals surface area contributed by atoms with Gasteiger partial charge in [0.15, 0.2) is 0 Å². The molecule has 1 N–H and O–H groups in total. The predicted molar refractivity (Wildman–Crippen MR) is 62.8 cm³/mol. The van der Waals surface area contributed by atoms with Gasteiger partial charge in [0.25, 0.3) is 5.91 Å². The summed E-state index contributed by atoms with van der Waals surface area (Å²) in [7, 11) is 0. The van der Waals surface area contributed by atoms with E-state index in [0.717, 1.165) is 11.0 Å². The van der Waals surface area contributed by atoms with Crippen LogP contribution < -0.4 is 0 Å². The SMILES string of the molecule is Cc1ccc(F)c(C(=O)N(CC(=O)O)C2CC2)c1F. The maximum absolute atomic E-state index is 13.9. The van der Waals surface area contributed by atoms with Gasteiger partial charge in [0, 0.05) is 6.04 Å². The third kappa shape index (κ3) is 2.72. The van der Waals surface area contributed by atoms with Crippen LogP contribution in [0.3, 0.4) is 0 Å². The second-order valence-corrected chi connectivity index (χ2v) is 4.61. The van der Waals surface area contributed by atoms with Gasteiger partial charge in [-0.1, -0.05) is 6.07 Å². The zero-order valence-electron chi connectivity index (χ0n) is 10.3. The first-order chi connectivity index (χ1) is 8.91. The van der Waals surface area contributed by atoms with Crippen LogP contribution in [0.15, 0.2) is 12.1 Å². The van der Waals surface area contributed by atoms with E-state index in [0.29, 0.717) is 12.8 Å². The number of carboxylic acids is 1. The summed E-state index contributed by atoms with van der Waals surface area (Å²) >= 11 is 0. The molecule has 1 amide bonds. The average Bonchev–Trinajstić information content (AvgIpc) is 3.15. The van der Waals surface area contributed by atoms with Crippen molar-refractivity contribution in [3.05, 3.63) is 34.9 Å². The normalized spacial score (nSPS) is 14.3. The Morgan fingerprint density at radius 3 is 2.53 bits per heavy atom. The summed E-state index contributed by atoms with van der Waals surface area (Å²) in [4.78, 5) is 23.9. The summed E-state index contributed by atoms with van der Waals surface area (Å²) in [5, 5.41) is 8.77. The zero-order valence-corrected chi connectivity index (χ0v) is 10.3. The van der Waals surface area contributed by atoms with Gasteiger partial charge >= 0.3 is 5.97 Å². The highest BCUT2D eigenvalue weighted by Crippen LogP contribution is 2.29. The molecule has 0 saturated heterocycles. The Morgan fingerprint density at radius 1 is 1.37 bits per heavy atom. The summed E-state index contributed by atoms with van der Waals surface area (Å²) in [6.45, 7) is 0.876. The lowest BCUT2D eigenvalue weighted by Gasteiger charge is -2.21. The van der Waals surface area contributed by atoms with Crippen molar-refractivity contribution in [3.8, 4) is 0 Å². The minimum Gasteiger partial charge on any atom is -0.480 e. The van der Waals surface area contributed by atoms with E-state index in [9.17, 15) is 18.4 Å². The largest absolute Gasteiger partial charge is 0.480 e. The molecule has 6 heteroatoms. The van der Waals surface area contributed by atoms with E-state index in [2.05, 4.69) is 0 Å². The molecule has 0 aromatic heterocycles. The van der Waals surface area contributed by atoms with Gasteiger partial charge < -0.3 is 10.0 Å². The van der Waals surface area contributed by atoms with E-state index in [1.807, 2.05) is 0 Å². The van der Waals surface area contributed by atoms with Crippen molar-refractivity contribution in [2.24, 2.45) is 0 Å². The number of halogens is 2. The summed E-state index contributed by atoms with van der Waals surface area (Å²) < 4.78 is 27.5. The van der Waals surface area contributed by atoms with Gasteiger partial charge in [-0.3, -0.25) is 9.59 Å². The molecule has 0 bridgehead atoms. The Labute approximate surface area is 108 Å². The smallest absolute Gasteiger partial charge is 0.323 e. The Balaban J connectivity index is 2.36. The first kappa shape index (κ1) is 13.5. The molecule has 0 spiro atoms. The van der Waals surface area contributed by atoms with E-state index in [4.69, 9.17) is 5.11 Å². The molecule has 19 heavy (non-hydrogen) atoms. The number of hydrogen-bond donors (Lipinski definition) is 1. The van der Waals surface area contributed by atoms with Crippen LogP contribution in [-0.2, 0) is 4.79 Å². The fourth-order valence-electron chi connectivity index (χ4n) is 1.89. The maximum Gasteiger partial charge on any atom is 0.323 e. The number of aliphatic carboxylic acids is 1. The first-order valence-electron chi connectivity index (χ1n) is 5.89.